The lowest BCUT2D eigenvalue weighted by atomic mass is 9.97. The summed E-state index contributed by atoms with van der Waals surface area (Å²) in [4.78, 5) is 22.4. The van der Waals surface area contributed by atoms with Crippen LogP contribution in [0.1, 0.15) is 24.0 Å². The third-order valence-electron chi connectivity index (χ3n) is 3.19. The highest BCUT2D eigenvalue weighted by Crippen LogP contribution is 2.34. The highest BCUT2D eigenvalue weighted by Gasteiger charge is 2.36. The van der Waals surface area contributed by atoms with Gasteiger partial charge in [-0.3, -0.25) is 4.79 Å². The van der Waals surface area contributed by atoms with Crippen molar-refractivity contribution < 1.29 is 24.2 Å². The Bertz CT molecular complexity index is 556. The summed E-state index contributed by atoms with van der Waals surface area (Å²) in [5, 5.41) is 8.77. The number of hydrogen-bond acceptors (Lipinski definition) is 4. The molecule has 2 rings (SSSR count). The predicted molar refractivity (Wildman–Crippen MR) is 71.9 cm³/mol. The van der Waals surface area contributed by atoms with Gasteiger partial charge in [-0.1, -0.05) is 29.8 Å². The molecule has 1 aromatic rings. The lowest BCUT2D eigenvalue weighted by molar-refractivity contribution is -0.144. The first-order valence-electron chi connectivity index (χ1n) is 6.31. The van der Waals surface area contributed by atoms with Crippen LogP contribution in [0.2, 0.25) is 0 Å². The Morgan fingerprint density at radius 1 is 1.35 bits per heavy atom. The summed E-state index contributed by atoms with van der Waals surface area (Å²) in [5.74, 6) is -1.31. The molecule has 0 radical (unpaired) electrons. The molecule has 0 spiro atoms. The second-order valence-electron chi connectivity index (χ2n) is 4.64. The van der Waals surface area contributed by atoms with Crippen LogP contribution in [0.15, 0.2) is 30.0 Å². The molecule has 0 bridgehead atoms. The number of rotatable bonds is 5. The maximum absolute atomic E-state index is 11.8. The van der Waals surface area contributed by atoms with Crippen molar-refractivity contribution in [1.29, 1.82) is 0 Å². The monoisotopic (exact) mass is 276 g/mol. The molecule has 0 aliphatic carbocycles. The van der Waals surface area contributed by atoms with Crippen molar-refractivity contribution >= 4 is 17.5 Å². The smallest absolute Gasteiger partial charge is 0.374 e. The van der Waals surface area contributed by atoms with Crippen LogP contribution in [0.25, 0.3) is 5.57 Å². The van der Waals surface area contributed by atoms with Crippen molar-refractivity contribution in [2.45, 2.75) is 25.9 Å². The highest BCUT2D eigenvalue weighted by atomic mass is 16.6. The average Bonchev–Trinajstić information content (AvgIpc) is 2.73. The molecule has 0 saturated carbocycles. The molecule has 1 atom stereocenters. The number of benzene rings is 1. The number of hydrogen-bond donors (Lipinski definition) is 1. The van der Waals surface area contributed by atoms with Crippen LogP contribution in [0.3, 0.4) is 0 Å². The molecule has 1 heterocycles. The van der Waals surface area contributed by atoms with E-state index in [4.69, 9.17) is 14.6 Å². The van der Waals surface area contributed by atoms with Gasteiger partial charge in [0.1, 0.15) is 6.10 Å². The Hall–Kier alpha value is -2.30. The molecule has 5 heteroatoms. The summed E-state index contributed by atoms with van der Waals surface area (Å²) in [6, 6.07) is 7.60. The van der Waals surface area contributed by atoms with Crippen molar-refractivity contribution in [3.63, 3.8) is 0 Å². The number of ether oxygens (including phenoxy) is 2. The standard InChI is InChI=1S/C15H16O5/c1-9-3-5-10(6-4-9)13-11(7-8-12(16)17)20-15(18)14(13)19-2/h3-6,11H,7-8H2,1-2H3,(H,16,17). The maximum atomic E-state index is 11.8. The molecular formula is C15H16O5. The van der Waals surface area contributed by atoms with Gasteiger partial charge in [-0.05, 0) is 18.9 Å². The van der Waals surface area contributed by atoms with Gasteiger partial charge < -0.3 is 14.6 Å². The van der Waals surface area contributed by atoms with Crippen molar-refractivity contribution in [2.75, 3.05) is 7.11 Å². The number of aliphatic carboxylic acids is 1. The molecule has 1 aliphatic heterocycles. The quantitative estimate of drug-likeness (QED) is 0.834. The number of esters is 1. The SMILES string of the molecule is COC1=C(c2ccc(C)cc2)C(CCC(=O)O)OC1=O. The summed E-state index contributed by atoms with van der Waals surface area (Å²) in [5.41, 5.74) is 2.54. The zero-order valence-corrected chi connectivity index (χ0v) is 11.4. The minimum Gasteiger partial charge on any atom is -0.490 e. The third kappa shape index (κ3) is 2.82. The Morgan fingerprint density at radius 3 is 2.55 bits per heavy atom. The summed E-state index contributed by atoms with van der Waals surface area (Å²) in [6.07, 6.45) is -0.405. The van der Waals surface area contributed by atoms with Gasteiger partial charge in [0.25, 0.3) is 0 Å². The normalized spacial score (nSPS) is 18.1. The van der Waals surface area contributed by atoms with Crippen LogP contribution in [-0.4, -0.2) is 30.3 Å². The van der Waals surface area contributed by atoms with Crippen molar-refractivity contribution in [3.8, 4) is 0 Å². The lowest BCUT2D eigenvalue weighted by Crippen LogP contribution is -2.13. The number of aryl methyl sites for hydroxylation is 1. The van der Waals surface area contributed by atoms with E-state index in [1.807, 2.05) is 31.2 Å². The second-order valence-corrected chi connectivity index (χ2v) is 4.64. The highest BCUT2D eigenvalue weighted by molar-refractivity contribution is 6.01. The van der Waals surface area contributed by atoms with E-state index in [-0.39, 0.29) is 18.6 Å². The second kappa shape index (κ2) is 5.77. The first kappa shape index (κ1) is 14.1. The first-order valence-corrected chi connectivity index (χ1v) is 6.31. The molecule has 1 N–H and O–H groups in total. The lowest BCUT2D eigenvalue weighted by Gasteiger charge is -2.13. The molecule has 1 unspecified atom stereocenters. The largest absolute Gasteiger partial charge is 0.490 e. The van der Waals surface area contributed by atoms with Crippen LogP contribution >= 0.6 is 0 Å². The molecular weight excluding hydrogens is 260 g/mol. The summed E-state index contributed by atoms with van der Waals surface area (Å²) in [6.45, 7) is 1.97. The number of carbonyl (C=O) groups is 2. The predicted octanol–water partition coefficient (Wildman–Crippen LogP) is 2.14. The van der Waals surface area contributed by atoms with Gasteiger partial charge >= 0.3 is 11.9 Å². The van der Waals surface area contributed by atoms with Gasteiger partial charge in [0.2, 0.25) is 5.76 Å². The molecule has 0 fully saturated rings. The molecule has 1 aromatic carbocycles. The molecule has 106 valence electrons. The van der Waals surface area contributed by atoms with Gasteiger partial charge in [-0.15, -0.1) is 0 Å². The molecule has 0 saturated heterocycles. The van der Waals surface area contributed by atoms with Crippen molar-refractivity contribution in [2.24, 2.45) is 0 Å². The van der Waals surface area contributed by atoms with E-state index in [1.165, 1.54) is 7.11 Å². The molecule has 0 aromatic heterocycles. The number of carboxylic acids is 1. The fraction of sp³-hybridized carbons (Fsp3) is 0.333. The zero-order valence-electron chi connectivity index (χ0n) is 11.4. The topological polar surface area (TPSA) is 72.8 Å². The van der Waals surface area contributed by atoms with Crippen LogP contribution in [0.4, 0.5) is 0 Å². The van der Waals surface area contributed by atoms with Gasteiger partial charge in [0, 0.05) is 12.0 Å². The van der Waals surface area contributed by atoms with E-state index in [1.54, 1.807) is 0 Å². The van der Waals surface area contributed by atoms with E-state index in [9.17, 15) is 9.59 Å². The molecule has 0 amide bonds. The maximum Gasteiger partial charge on any atom is 0.374 e. The minimum atomic E-state index is -0.921. The Morgan fingerprint density at radius 2 is 2.00 bits per heavy atom. The van der Waals surface area contributed by atoms with E-state index in [0.29, 0.717) is 5.57 Å². The number of cyclic esters (lactones) is 1. The minimum absolute atomic E-state index is 0.0652. The fourth-order valence-corrected chi connectivity index (χ4v) is 2.20. The van der Waals surface area contributed by atoms with Gasteiger partial charge in [0.15, 0.2) is 0 Å². The summed E-state index contributed by atoms with van der Waals surface area (Å²) < 4.78 is 10.3. The molecule has 20 heavy (non-hydrogen) atoms. The Kier molecular flexibility index (Phi) is 4.08. The average molecular weight is 276 g/mol. The summed E-state index contributed by atoms with van der Waals surface area (Å²) in [7, 11) is 1.41. The van der Waals surface area contributed by atoms with E-state index in [0.717, 1.165) is 11.1 Å². The van der Waals surface area contributed by atoms with Gasteiger partial charge in [0.05, 0.1) is 7.11 Å². The zero-order chi connectivity index (χ0) is 14.7. The van der Waals surface area contributed by atoms with Gasteiger partial charge in [-0.25, -0.2) is 4.79 Å². The molecule has 1 aliphatic rings. The van der Waals surface area contributed by atoms with E-state index < -0.39 is 18.0 Å². The number of carbonyl (C=O) groups excluding carboxylic acids is 1. The Labute approximate surface area is 116 Å². The number of methoxy groups -OCH3 is 1. The fourth-order valence-electron chi connectivity index (χ4n) is 2.20. The number of carboxylic acid groups (broad SMARTS) is 1. The van der Waals surface area contributed by atoms with Gasteiger partial charge in [-0.2, -0.15) is 0 Å². The van der Waals surface area contributed by atoms with Crippen molar-refractivity contribution in [3.05, 3.63) is 41.2 Å². The van der Waals surface area contributed by atoms with E-state index >= 15 is 0 Å². The van der Waals surface area contributed by atoms with Crippen LogP contribution in [-0.2, 0) is 19.1 Å². The first-order chi connectivity index (χ1) is 9.52. The summed E-state index contributed by atoms with van der Waals surface area (Å²) >= 11 is 0. The van der Waals surface area contributed by atoms with Crippen LogP contribution in [0, 0.1) is 6.92 Å². The van der Waals surface area contributed by atoms with Crippen LogP contribution < -0.4 is 0 Å². The van der Waals surface area contributed by atoms with E-state index in [2.05, 4.69) is 0 Å². The Balaban J connectivity index is 2.35. The molecule has 5 nitrogen and oxygen atoms in total. The van der Waals surface area contributed by atoms with Crippen LogP contribution in [0.5, 0.6) is 0 Å². The third-order valence-corrected chi connectivity index (χ3v) is 3.19. The van der Waals surface area contributed by atoms with Crippen molar-refractivity contribution in [1.82, 2.24) is 0 Å².